The number of hydrogen-bond donors (Lipinski definition) is 0. The van der Waals surface area contributed by atoms with Gasteiger partial charge in [0.05, 0.1) is 0 Å². The first-order valence-electron chi connectivity index (χ1n) is 6.78. The van der Waals surface area contributed by atoms with Crippen LogP contribution in [0.2, 0.25) is 0 Å². The van der Waals surface area contributed by atoms with E-state index < -0.39 is 0 Å². The minimum atomic E-state index is 0.332. The Morgan fingerprint density at radius 2 is 2.12 bits per heavy atom. The van der Waals surface area contributed by atoms with Crippen LogP contribution in [-0.2, 0) is 11.8 Å². The summed E-state index contributed by atoms with van der Waals surface area (Å²) in [5.41, 5.74) is 5.06. The van der Waals surface area contributed by atoms with Crippen LogP contribution in [0, 0.1) is 0 Å². The lowest BCUT2D eigenvalue weighted by Crippen LogP contribution is -2.31. The Hall–Kier alpha value is -1.24. The van der Waals surface area contributed by atoms with Crippen molar-refractivity contribution in [3.63, 3.8) is 0 Å². The van der Waals surface area contributed by atoms with Gasteiger partial charge in [-0.2, -0.15) is 0 Å². The Kier molecular flexibility index (Phi) is 2.50. The third-order valence-corrected chi connectivity index (χ3v) is 4.50. The Labute approximate surface area is 104 Å². The van der Waals surface area contributed by atoms with Gasteiger partial charge in [-0.15, -0.1) is 0 Å². The lowest BCUT2D eigenvalue weighted by molar-refractivity contribution is 0.430. The molecule has 1 atom stereocenters. The first-order valence-corrected chi connectivity index (χ1v) is 6.78. The Balaban J connectivity index is 2.15. The van der Waals surface area contributed by atoms with Gasteiger partial charge in [0.25, 0.3) is 0 Å². The fourth-order valence-corrected chi connectivity index (χ4v) is 3.78. The fraction of sp³-hybridized carbons (Fsp3) is 0.500. The van der Waals surface area contributed by atoms with Crippen molar-refractivity contribution in [2.45, 2.75) is 38.0 Å². The highest BCUT2D eigenvalue weighted by Crippen LogP contribution is 2.49. The maximum Gasteiger partial charge on any atom is 0.0368 e. The van der Waals surface area contributed by atoms with Crippen molar-refractivity contribution < 1.29 is 0 Å². The van der Waals surface area contributed by atoms with Crippen LogP contribution in [0.1, 0.15) is 37.3 Å². The molecule has 1 saturated heterocycles. The van der Waals surface area contributed by atoms with E-state index in [0.29, 0.717) is 5.41 Å². The first-order chi connectivity index (χ1) is 8.28. The molecular formula is C16H21N. The molecule has 2 aliphatic rings. The average Bonchev–Trinajstić information content (AvgIpc) is 2.68. The summed E-state index contributed by atoms with van der Waals surface area (Å²) in [6, 6.07) is 9.04. The average molecular weight is 227 g/mol. The molecule has 0 aromatic heterocycles. The zero-order chi connectivity index (χ0) is 11.9. The summed E-state index contributed by atoms with van der Waals surface area (Å²) in [5, 5.41) is 0. The minimum absolute atomic E-state index is 0.332. The zero-order valence-corrected chi connectivity index (χ0v) is 10.9. The van der Waals surface area contributed by atoms with Gasteiger partial charge in [-0.1, -0.05) is 43.7 Å². The van der Waals surface area contributed by atoms with E-state index in [0.717, 1.165) is 6.42 Å². The quantitative estimate of drug-likeness (QED) is 0.747. The molecular weight excluding hydrogens is 206 g/mol. The molecule has 0 amide bonds. The molecule has 1 aliphatic heterocycles. The van der Waals surface area contributed by atoms with Gasteiger partial charge >= 0.3 is 0 Å². The van der Waals surface area contributed by atoms with Crippen LogP contribution in [0.15, 0.2) is 36.0 Å². The smallest absolute Gasteiger partial charge is 0.0368 e. The molecule has 0 spiro atoms. The van der Waals surface area contributed by atoms with Crippen molar-refractivity contribution in [1.29, 1.82) is 0 Å². The van der Waals surface area contributed by atoms with E-state index in [2.05, 4.69) is 49.2 Å². The third-order valence-electron chi connectivity index (χ3n) is 4.50. The highest BCUT2D eigenvalue weighted by Gasteiger charge is 2.44. The van der Waals surface area contributed by atoms with Crippen molar-refractivity contribution in [2.24, 2.45) is 0 Å². The molecule has 1 aromatic rings. The molecule has 90 valence electrons. The van der Waals surface area contributed by atoms with Gasteiger partial charge in [0.2, 0.25) is 0 Å². The summed E-state index contributed by atoms with van der Waals surface area (Å²) in [5.74, 6) is 0. The molecule has 1 heteroatoms. The number of likely N-dealkylation sites (tertiary alicyclic amines) is 1. The summed E-state index contributed by atoms with van der Waals surface area (Å²) in [6.45, 7) is 3.52. The van der Waals surface area contributed by atoms with Crippen LogP contribution >= 0.6 is 0 Å². The predicted molar refractivity (Wildman–Crippen MR) is 72.1 cm³/mol. The minimum Gasteiger partial charge on any atom is -0.377 e. The van der Waals surface area contributed by atoms with Gasteiger partial charge in [-0.25, -0.2) is 0 Å². The predicted octanol–water partition coefficient (Wildman–Crippen LogP) is 3.50. The number of likely N-dealkylation sites (N-methyl/N-ethyl adjacent to an activating group) is 1. The molecule has 0 bridgehead atoms. The van der Waals surface area contributed by atoms with Crippen molar-refractivity contribution >= 4 is 0 Å². The molecule has 1 aliphatic carbocycles. The maximum absolute atomic E-state index is 2.46. The van der Waals surface area contributed by atoms with Crippen LogP contribution in [0.25, 0.3) is 0 Å². The van der Waals surface area contributed by atoms with Gasteiger partial charge < -0.3 is 4.90 Å². The van der Waals surface area contributed by atoms with E-state index in [1.54, 1.807) is 16.8 Å². The van der Waals surface area contributed by atoms with Gasteiger partial charge in [-0.05, 0) is 30.4 Å². The highest BCUT2D eigenvalue weighted by molar-refractivity contribution is 5.48. The SMILES string of the molecule is CCCC12CCN(C)C1=CCc1ccccc12. The molecule has 1 aromatic carbocycles. The standard InChI is InChI=1S/C16H21N/c1-3-10-16-11-12-17(2)15(16)9-8-13-6-4-5-7-14(13)16/h4-7,9H,3,8,10-12H2,1-2H3. The van der Waals surface area contributed by atoms with Crippen LogP contribution in [0.5, 0.6) is 0 Å². The number of fused-ring (bicyclic) bond motifs is 3. The van der Waals surface area contributed by atoms with E-state index in [-0.39, 0.29) is 0 Å². The van der Waals surface area contributed by atoms with Crippen LogP contribution in [-0.4, -0.2) is 18.5 Å². The van der Waals surface area contributed by atoms with E-state index in [4.69, 9.17) is 0 Å². The van der Waals surface area contributed by atoms with E-state index >= 15 is 0 Å². The van der Waals surface area contributed by atoms with Crippen LogP contribution < -0.4 is 0 Å². The van der Waals surface area contributed by atoms with Gasteiger partial charge in [0.15, 0.2) is 0 Å². The maximum atomic E-state index is 2.46. The number of benzene rings is 1. The number of nitrogens with zero attached hydrogens (tertiary/aromatic N) is 1. The Morgan fingerprint density at radius 1 is 1.29 bits per heavy atom. The van der Waals surface area contributed by atoms with Crippen molar-refractivity contribution in [3.05, 3.63) is 47.2 Å². The van der Waals surface area contributed by atoms with Crippen molar-refractivity contribution in [1.82, 2.24) is 4.90 Å². The summed E-state index contributed by atoms with van der Waals surface area (Å²) in [7, 11) is 2.25. The molecule has 0 N–H and O–H groups in total. The Bertz CT molecular complexity index is 456. The second kappa shape index (κ2) is 3.90. The molecule has 1 fully saturated rings. The number of hydrogen-bond acceptors (Lipinski definition) is 1. The molecule has 17 heavy (non-hydrogen) atoms. The van der Waals surface area contributed by atoms with E-state index in [9.17, 15) is 0 Å². The molecule has 0 radical (unpaired) electrons. The summed E-state index contributed by atoms with van der Waals surface area (Å²) in [6.07, 6.45) is 7.42. The molecule has 1 unspecified atom stereocenters. The summed E-state index contributed by atoms with van der Waals surface area (Å²) in [4.78, 5) is 2.46. The lowest BCUT2D eigenvalue weighted by Gasteiger charge is -2.37. The monoisotopic (exact) mass is 227 g/mol. The second-order valence-electron chi connectivity index (χ2n) is 5.45. The normalized spacial score (nSPS) is 26.5. The van der Waals surface area contributed by atoms with E-state index in [1.807, 2.05) is 0 Å². The Morgan fingerprint density at radius 3 is 2.94 bits per heavy atom. The fourth-order valence-electron chi connectivity index (χ4n) is 3.78. The lowest BCUT2D eigenvalue weighted by atomic mass is 9.69. The first kappa shape index (κ1) is 10.9. The highest BCUT2D eigenvalue weighted by atomic mass is 15.1. The van der Waals surface area contributed by atoms with E-state index in [1.165, 1.54) is 25.8 Å². The molecule has 1 heterocycles. The van der Waals surface area contributed by atoms with Crippen molar-refractivity contribution in [2.75, 3.05) is 13.6 Å². The molecule has 3 rings (SSSR count). The second-order valence-corrected chi connectivity index (χ2v) is 5.45. The summed E-state index contributed by atoms with van der Waals surface area (Å²) >= 11 is 0. The zero-order valence-electron chi connectivity index (χ0n) is 10.9. The van der Waals surface area contributed by atoms with Crippen LogP contribution in [0.3, 0.4) is 0 Å². The largest absolute Gasteiger partial charge is 0.377 e. The third kappa shape index (κ3) is 1.45. The van der Waals surface area contributed by atoms with Gasteiger partial charge in [0, 0.05) is 24.7 Å². The molecule has 0 saturated carbocycles. The van der Waals surface area contributed by atoms with Crippen molar-refractivity contribution in [3.8, 4) is 0 Å². The number of allylic oxidation sites excluding steroid dienone is 2. The van der Waals surface area contributed by atoms with Gasteiger partial charge in [0.1, 0.15) is 0 Å². The summed E-state index contributed by atoms with van der Waals surface area (Å²) < 4.78 is 0. The van der Waals surface area contributed by atoms with Crippen LogP contribution in [0.4, 0.5) is 0 Å². The molecule has 1 nitrogen and oxygen atoms in total. The topological polar surface area (TPSA) is 3.24 Å². The van der Waals surface area contributed by atoms with Gasteiger partial charge in [-0.3, -0.25) is 0 Å². The number of rotatable bonds is 2.